The summed E-state index contributed by atoms with van der Waals surface area (Å²) < 4.78 is 24.8. The number of benzene rings is 3. The normalized spacial score (nSPS) is 12.2. The van der Waals surface area contributed by atoms with E-state index in [2.05, 4.69) is 6.07 Å². The lowest BCUT2D eigenvalue weighted by molar-refractivity contribution is 0.100. The molecule has 4 rings (SSSR count). The zero-order valence-corrected chi connectivity index (χ0v) is 19.4. The van der Waals surface area contributed by atoms with Crippen LogP contribution in [-0.2, 0) is 15.6 Å². The van der Waals surface area contributed by atoms with Crippen molar-refractivity contribution in [2.45, 2.75) is 18.1 Å². The second kappa shape index (κ2) is 9.46. The van der Waals surface area contributed by atoms with Gasteiger partial charge in [-0.3, -0.25) is 4.79 Å². The number of amides is 1. The Kier molecular flexibility index (Phi) is 6.44. The zero-order chi connectivity index (χ0) is 24.3. The zero-order valence-electron chi connectivity index (χ0n) is 18.6. The topological polar surface area (TPSA) is 114 Å². The molecule has 170 valence electrons. The van der Waals surface area contributed by atoms with Crippen LogP contribution in [0.2, 0.25) is 0 Å². The van der Waals surface area contributed by atoms with Crippen LogP contribution in [0.5, 0.6) is 0 Å². The number of nitrogens with two attached hydrogens (primary N) is 1. The Hall–Kier alpha value is -4.02. The number of rotatable bonds is 7. The van der Waals surface area contributed by atoms with Crippen molar-refractivity contribution in [2.75, 3.05) is 6.26 Å². The summed E-state index contributed by atoms with van der Waals surface area (Å²) in [6.07, 6.45) is 1.29. The summed E-state index contributed by atoms with van der Waals surface area (Å²) >= 11 is 0. The van der Waals surface area contributed by atoms with E-state index >= 15 is 0 Å². The average Bonchev–Trinajstić information content (AvgIpc) is 2.82. The van der Waals surface area contributed by atoms with E-state index in [0.717, 1.165) is 11.8 Å². The largest absolute Gasteiger partial charge is 0.366 e. The summed E-state index contributed by atoms with van der Waals surface area (Å²) in [4.78, 5) is 17.7. The molecule has 1 amide bonds. The van der Waals surface area contributed by atoms with E-state index in [1.54, 1.807) is 6.07 Å². The Morgan fingerprint density at radius 2 is 1.65 bits per heavy atom. The third-order valence-electron chi connectivity index (χ3n) is 5.72. The molecule has 0 unspecified atom stereocenters. The van der Waals surface area contributed by atoms with Gasteiger partial charge in [0.05, 0.1) is 28.6 Å². The second-order valence-corrected chi connectivity index (χ2v) is 10.3. The molecule has 1 aromatic heterocycles. The van der Waals surface area contributed by atoms with Gasteiger partial charge in [-0.05, 0) is 17.2 Å². The Labute approximate surface area is 198 Å². The molecular formula is C27H23N3O3S. The molecule has 3 aromatic carbocycles. The first kappa shape index (κ1) is 23.1. The molecule has 0 spiro atoms. The van der Waals surface area contributed by atoms with Crippen LogP contribution in [0.3, 0.4) is 0 Å². The van der Waals surface area contributed by atoms with Crippen molar-refractivity contribution in [3.8, 4) is 17.3 Å². The number of sulfone groups is 1. The smallest absolute Gasteiger partial charge is 0.249 e. The fourth-order valence-electron chi connectivity index (χ4n) is 4.36. The SMILES string of the molecule is CS(=O)(=O)Cc1c(-c2ccccc2)nc2cccc([C@@H](CC#N)c3ccccc3)c2c1C(N)=O. The van der Waals surface area contributed by atoms with Gasteiger partial charge in [0.15, 0.2) is 9.84 Å². The predicted molar refractivity (Wildman–Crippen MR) is 133 cm³/mol. The van der Waals surface area contributed by atoms with Crippen LogP contribution in [0.25, 0.3) is 22.2 Å². The Morgan fingerprint density at radius 1 is 1.00 bits per heavy atom. The van der Waals surface area contributed by atoms with Crippen molar-refractivity contribution in [3.63, 3.8) is 0 Å². The van der Waals surface area contributed by atoms with Gasteiger partial charge in [0.25, 0.3) is 0 Å². The first-order chi connectivity index (χ1) is 16.3. The van der Waals surface area contributed by atoms with E-state index in [9.17, 15) is 18.5 Å². The monoisotopic (exact) mass is 469 g/mol. The number of carbonyl (C=O) groups is 1. The van der Waals surface area contributed by atoms with Gasteiger partial charge in [-0.25, -0.2) is 13.4 Å². The number of fused-ring (bicyclic) bond motifs is 1. The van der Waals surface area contributed by atoms with Crippen LogP contribution < -0.4 is 5.73 Å². The highest BCUT2D eigenvalue weighted by Crippen LogP contribution is 2.38. The molecule has 0 radical (unpaired) electrons. The van der Waals surface area contributed by atoms with Crippen molar-refractivity contribution < 1.29 is 13.2 Å². The molecule has 1 heterocycles. The minimum atomic E-state index is -3.53. The maximum atomic E-state index is 12.9. The van der Waals surface area contributed by atoms with E-state index in [4.69, 9.17) is 10.7 Å². The van der Waals surface area contributed by atoms with Gasteiger partial charge in [0.2, 0.25) is 5.91 Å². The van der Waals surface area contributed by atoms with Gasteiger partial charge in [0, 0.05) is 35.1 Å². The molecule has 0 aliphatic heterocycles. The average molecular weight is 470 g/mol. The first-order valence-corrected chi connectivity index (χ1v) is 12.8. The number of hydrogen-bond donors (Lipinski definition) is 1. The van der Waals surface area contributed by atoms with Crippen molar-refractivity contribution in [3.05, 3.63) is 101 Å². The van der Waals surface area contributed by atoms with Crippen LogP contribution in [0.1, 0.15) is 39.4 Å². The summed E-state index contributed by atoms with van der Waals surface area (Å²) in [5, 5.41) is 10.1. The third kappa shape index (κ3) is 4.68. The molecule has 7 heteroatoms. The molecule has 0 aliphatic rings. The minimum absolute atomic E-state index is 0.128. The molecule has 0 saturated carbocycles. The van der Waals surface area contributed by atoms with Gasteiger partial charge in [-0.2, -0.15) is 5.26 Å². The van der Waals surface area contributed by atoms with Crippen molar-refractivity contribution in [1.29, 1.82) is 5.26 Å². The predicted octanol–water partition coefficient (Wildman–Crippen LogP) is 4.59. The molecule has 6 nitrogen and oxygen atoms in total. The highest BCUT2D eigenvalue weighted by atomic mass is 32.2. The fraction of sp³-hybridized carbons (Fsp3) is 0.148. The van der Waals surface area contributed by atoms with Crippen molar-refractivity contribution in [1.82, 2.24) is 4.98 Å². The number of primary amides is 1. The minimum Gasteiger partial charge on any atom is -0.366 e. The molecule has 1 atom stereocenters. The van der Waals surface area contributed by atoms with Crippen molar-refractivity contribution >= 4 is 26.6 Å². The van der Waals surface area contributed by atoms with E-state index in [1.165, 1.54) is 0 Å². The van der Waals surface area contributed by atoms with Gasteiger partial charge in [-0.1, -0.05) is 72.8 Å². The van der Waals surface area contributed by atoms with Crippen LogP contribution >= 0.6 is 0 Å². The van der Waals surface area contributed by atoms with Crippen LogP contribution in [0.4, 0.5) is 0 Å². The molecule has 0 bridgehead atoms. The molecule has 4 aromatic rings. The van der Waals surface area contributed by atoms with Gasteiger partial charge in [0.1, 0.15) is 0 Å². The summed E-state index contributed by atoms with van der Waals surface area (Å²) in [5.41, 5.74) is 9.52. The Bertz CT molecular complexity index is 1510. The standard InChI is InChI=1S/C27H23N3O3S/c1-34(32,33)17-22-25(27(29)31)24-21(20(15-16-28)18-9-4-2-5-10-18)13-8-14-23(24)30-26(22)19-11-6-3-7-12-19/h2-14,20H,15,17H2,1H3,(H2,29,31)/t20-/m0/s1. The molecule has 0 saturated heterocycles. The summed E-state index contributed by atoms with van der Waals surface area (Å²) in [6.45, 7) is 0. The summed E-state index contributed by atoms with van der Waals surface area (Å²) in [7, 11) is -3.53. The van der Waals surface area contributed by atoms with Crippen LogP contribution in [-0.4, -0.2) is 25.6 Å². The quantitative estimate of drug-likeness (QED) is 0.425. The molecule has 2 N–H and O–H groups in total. The second-order valence-electron chi connectivity index (χ2n) is 8.18. The summed E-state index contributed by atoms with van der Waals surface area (Å²) in [5.74, 6) is -1.47. The third-order valence-corrected chi connectivity index (χ3v) is 6.53. The number of nitrogens with zero attached hydrogens (tertiary/aromatic N) is 2. The lowest BCUT2D eigenvalue weighted by Crippen LogP contribution is -2.19. The van der Waals surface area contributed by atoms with E-state index < -0.39 is 15.7 Å². The molecular weight excluding hydrogens is 446 g/mol. The fourth-order valence-corrected chi connectivity index (χ4v) is 5.17. The van der Waals surface area contributed by atoms with E-state index in [1.807, 2.05) is 72.8 Å². The number of aromatic nitrogens is 1. The Balaban J connectivity index is 2.13. The summed E-state index contributed by atoms with van der Waals surface area (Å²) in [6, 6.07) is 26.3. The van der Waals surface area contributed by atoms with Crippen molar-refractivity contribution in [2.24, 2.45) is 5.73 Å². The van der Waals surface area contributed by atoms with E-state index in [-0.39, 0.29) is 29.2 Å². The van der Waals surface area contributed by atoms with Gasteiger partial charge >= 0.3 is 0 Å². The number of pyridine rings is 1. The van der Waals surface area contributed by atoms with Gasteiger partial charge in [-0.15, -0.1) is 0 Å². The molecule has 0 aliphatic carbocycles. The Morgan fingerprint density at radius 3 is 2.24 bits per heavy atom. The molecule has 34 heavy (non-hydrogen) atoms. The maximum Gasteiger partial charge on any atom is 0.249 e. The molecule has 0 fully saturated rings. The lowest BCUT2D eigenvalue weighted by atomic mass is 9.84. The first-order valence-electron chi connectivity index (χ1n) is 10.7. The van der Waals surface area contributed by atoms with E-state index in [0.29, 0.717) is 27.7 Å². The highest BCUT2D eigenvalue weighted by molar-refractivity contribution is 7.89. The van der Waals surface area contributed by atoms with Gasteiger partial charge < -0.3 is 5.73 Å². The van der Waals surface area contributed by atoms with Crippen LogP contribution in [0, 0.1) is 11.3 Å². The highest BCUT2D eigenvalue weighted by Gasteiger charge is 2.27. The number of hydrogen-bond acceptors (Lipinski definition) is 5. The maximum absolute atomic E-state index is 12.9. The van der Waals surface area contributed by atoms with Crippen LogP contribution in [0.15, 0.2) is 78.9 Å². The number of nitriles is 1. The lowest BCUT2D eigenvalue weighted by Gasteiger charge is -2.21. The number of carbonyl (C=O) groups excluding carboxylic acids is 1.